The fourth-order valence-corrected chi connectivity index (χ4v) is 8.35. The van der Waals surface area contributed by atoms with E-state index in [0.29, 0.717) is 61.5 Å². The number of aldehydes is 2. The number of hydrogen-bond acceptors (Lipinski definition) is 10. The van der Waals surface area contributed by atoms with Crippen molar-refractivity contribution < 1.29 is 33.5 Å². The maximum atomic E-state index is 13.0. The quantitative estimate of drug-likeness (QED) is 0.182. The summed E-state index contributed by atoms with van der Waals surface area (Å²) in [7, 11) is 1.50. The van der Waals surface area contributed by atoms with Crippen LogP contribution in [0.2, 0.25) is 5.02 Å². The average Bonchev–Trinajstić information content (AvgIpc) is 3.44. The molecule has 2 fully saturated rings. The number of nitriles is 1. The molecule has 0 radical (unpaired) electrons. The molecule has 13 nitrogen and oxygen atoms in total. The molecule has 1 unspecified atom stereocenters. The first-order valence-corrected chi connectivity index (χ1v) is 19.2. The highest BCUT2D eigenvalue weighted by Crippen LogP contribution is 2.55. The van der Waals surface area contributed by atoms with Gasteiger partial charge in [-0.2, -0.15) is 5.26 Å². The first-order valence-electron chi connectivity index (χ1n) is 18.9. The molecule has 302 valence electrons. The lowest BCUT2D eigenvalue weighted by Crippen LogP contribution is -2.58. The summed E-state index contributed by atoms with van der Waals surface area (Å²) < 4.78 is 6.07. The molecule has 1 saturated heterocycles. The summed E-state index contributed by atoms with van der Waals surface area (Å²) in [5.74, 6) is -1.25. The standard InChI is InChI=1S/C27H28N4O6.C15H18ClNO.CH5N/c28-25(35)23(2-1-15-32)31-26(36)21-9-8-20(16-22(21)27(31)37)29-11-13-30(14-12-29)24(34)10-7-18-3-5-19(17-33)6-4-18;1-14(2)9-15(3,4)13(14)18-11-6-5-10(8-17)12(16)7-11;1-2/h3-6,8-9,15-17,23H,1-2,7,10-14H2,(H2,28,35);5-7,13H,9H2,1-4H3;2H2,1H3. The highest BCUT2D eigenvalue weighted by Gasteiger charge is 2.55. The molecule has 3 aliphatic rings. The van der Waals surface area contributed by atoms with Crippen LogP contribution in [0.5, 0.6) is 5.75 Å². The van der Waals surface area contributed by atoms with Gasteiger partial charge in [0.15, 0.2) is 0 Å². The molecule has 57 heavy (non-hydrogen) atoms. The van der Waals surface area contributed by atoms with Crippen molar-refractivity contribution in [3.63, 3.8) is 0 Å². The number of rotatable bonds is 12. The second-order valence-corrected chi connectivity index (χ2v) is 15.9. The van der Waals surface area contributed by atoms with Crippen LogP contribution in [0.4, 0.5) is 5.69 Å². The van der Waals surface area contributed by atoms with E-state index in [9.17, 15) is 28.8 Å². The van der Waals surface area contributed by atoms with Crippen LogP contribution >= 0.6 is 11.6 Å². The Morgan fingerprint density at radius 2 is 1.56 bits per heavy atom. The van der Waals surface area contributed by atoms with Crippen LogP contribution < -0.4 is 21.1 Å². The summed E-state index contributed by atoms with van der Waals surface area (Å²) in [6.45, 7) is 11.0. The van der Waals surface area contributed by atoms with Crippen molar-refractivity contribution in [2.24, 2.45) is 22.3 Å². The number of amides is 4. The Kier molecular flexibility index (Phi) is 14.7. The fraction of sp³-hybridized carbons (Fsp3) is 0.419. The van der Waals surface area contributed by atoms with E-state index in [-0.39, 0.29) is 46.8 Å². The molecule has 4 amide bonds. The van der Waals surface area contributed by atoms with Gasteiger partial charge in [-0.05, 0) is 62.2 Å². The van der Waals surface area contributed by atoms with Crippen LogP contribution in [0, 0.1) is 22.2 Å². The number of aryl methyl sites for hydroxylation is 1. The second-order valence-electron chi connectivity index (χ2n) is 15.5. The van der Waals surface area contributed by atoms with Gasteiger partial charge in [0.2, 0.25) is 11.8 Å². The van der Waals surface area contributed by atoms with Crippen LogP contribution in [0.3, 0.4) is 0 Å². The minimum Gasteiger partial charge on any atom is -0.489 e. The van der Waals surface area contributed by atoms with E-state index in [0.717, 1.165) is 34.6 Å². The highest BCUT2D eigenvalue weighted by atomic mass is 35.5. The summed E-state index contributed by atoms with van der Waals surface area (Å²) in [6, 6.07) is 18.2. The molecule has 0 aromatic heterocycles. The van der Waals surface area contributed by atoms with E-state index in [1.807, 2.05) is 34.1 Å². The van der Waals surface area contributed by atoms with Crippen LogP contribution in [0.1, 0.15) is 95.6 Å². The van der Waals surface area contributed by atoms with Gasteiger partial charge in [-0.1, -0.05) is 63.6 Å². The molecule has 4 N–H and O–H groups in total. The first kappa shape index (κ1) is 44.1. The Morgan fingerprint density at radius 1 is 0.930 bits per heavy atom. The van der Waals surface area contributed by atoms with E-state index in [1.165, 1.54) is 7.05 Å². The predicted molar refractivity (Wildman–Crippen MR) is 217 cm³/mol. The van der Waals surface area contributed by atoms with Crippen molar-refractivity contribution in [1.82, 2.24) is 9.80 Å². The van der Waals surface area contributed by atoms with Crippen molar-refractivity contribution in [1.29, 1.82) is 5.26 Å². The van der Waals surface area contributed by atoms with E-state index in [2.05, 4.69) is 33.4 Å². The lowest BCUT2D eigenvalue weighted by molar-refractivity contribution is -0.133. The number of nitrogens with zero attached hydrogens (tertiary/aromatic N) is 4. The number of anilines is 1. The number of nitrogens with two attached hydrogens (primary N) is 2. The Labute approximate surface area is 338 Å². The van der Waals surface area contributed by atoms with E-state index < -0.39 is 23.8 Å². The van der Waals surface area contributed by atoms with Gasteiger partial charge in [0.05, 0.1) is 21.7 Å². The molecule has 6 rings (SSSR count). The largest absolute Gasteiger partial charge is 0.489 e. The minimum absolute atomic E-state index is 0.00169. The van der Waals surface area contributed by atoms with Gasteiger partial charge in [0, 0.05) is 67.2 Å². The van der Waals surface area contributed by atoms with Crippen molar-refractivity contribution in [3.8, 4) is 11.8 Å². The van der Waals surface area contributed by atoms with Crippen molar-refractivity contribution in [3.05, 3.63) is 93.5 Å². The lowest BCUT2D eigenvalue weighted by Gasteiger charge is -2.56. The van der Waals surface area contributed by atoms with Gasteiger partial charge in [-0.25, -0.2) is 0 Å². The molecule has 1 aliphatic carbocycles. The summed E-state index contributed by atoms with van der Waals surface area (Å²) in [4.78, 5) is 76.7. The summed E-state index contributed by atoms with van der Waals surface area (Å²) in [6.07, 6.45) is 3.67. The van der Waals surface area contributed by atoms with Crippen molar-refractivity contribution in [2.75, 3.05) is 38.1 Å². The number of carbonyl (C=O) groups excluding carboxylic acids is 6. The maximum Gasteiger partial charge on any atom is 0.262 e. The molecule has 2 heterocycles. The number of ether oxygens (including phenoxy) is 1. The van der Waals surface area contributed by atoms with Crippen molar-refractivity contribution >= 4 is 53.5 Å². The third kappa shape index (κ3) is 10.2. The average molecular weight is 799 g/mol. The van der Waals surface area contributed by atoms with E-state index in [1.54, 1.807) is 42.5 Å². The fourth-order valence-electron chi connectivity index (χ4n) is 8.14. The Morgan fingerprint density at radius 3 is 2.11 bits per heavy atom. The van der Waals surface area contributed by atoms with Gasteiger partial charge >= 0.3 is 0 Å². The number of carbonyl (C=O) groups is 6. The Hall–Kier alpha value is -5.58. The molecule has 0 spiro atoms. The monoisotopic (exact) mass is 798 g/mol. The molecule has 3 aromatic rings. The second kappa shape index (κ2) is 19.0. The SMILES string of the molecule is CC1(C)CC(C)(C)C1Oc1ccc(C#N)c(Cl)c1.CN.NC(=O)C(CCC=O)N1C(=O)c2ccc(N3CCN(C(=O)CCc4ccc(C=O)cc4)CC3)cc2C1=O. The third-order valence-electron chi connectivity index (χ3n) is 10.5. The molecule has 0 bridgehead atoms. The number of halogens is 1. The number of imide groups is 1. The van der Waals surface area contributed by atoms with Crippen molar-refractivity contribution in [2.45, 2.75) is 71.9 Å². The van der Waals surface area contributed by atoms with Gasteiger partial charge in [-0.15, -0.1) is 0 Å². The molecular weight excluding hydrogens is 748 g/mol. The minimum atomic E-state index is -1.18. The molecule has 14 heteroatoms. The van der Waals surface area contributed by atoms with Gasteiger partial charge in [0.1, 0.15) is 36.5 Å². The van der Waals surface area contributed by atoms with Crippen LogP contribution in [0.15, 0.2) is 60.7 Å². The van der Waals surface area contributed by atoms with E-state index in [4.69, 9.17) is 27.3 Å². The highest BCUT2D eigenvalue weighted by molar-refractivity contribution is 6.31. The maximum absolute atomic E-state index is 13.0. The molecular formula is C43H51ClN6O7. The number of benzene rings is 3. The smallest absolute Gasteiger partial charge is 0.262 e. The zero-order valence-corrected chi connectivity index (χ0v) is 33.9. The number of primary amides is 1. The number of piperazine rings is 1. The molecule has 2 aliphatic heterocycles. The predicted octanol–water partition coefficient (Wildman–Crippen LogP) is 5.20. The Bertz CT molecular complexity index is 2000. The van der Waals surface area contributed by atoms with E-state index >= 15 is 0 Å². The van der Waals surface area contributed by atoms with Gasteiger partial charge < -0.3 is 30.8 Å². The lowest BCUT2D eigenvalue weighted by atomic mass is 9.53. The normalized spacial score (nSPS) is 17.1. The van der Waals surface area contributed by atoms with Crippen LogP contribution in [-0.4, -0.2) is 91.4 Å². The summed E-state index contributed by atoms with van der Waals surface area (Å²) >= 11 is 6.01. The number of fused-ring (bicyclic) bond motifs is 1. The zero-order valence-electron chi connectivity index (χ0n) is 33.1. The third-order valence-corrected chi connectivity index (χ3v) is 10.8. The van der Waals surface area contributed by atoms with Gasteiger partial charge in [-0.3, -0.25) is 28.9 Å². The summed E-state index contributed by atoms with van der Waals surface area (Å²) in [5, 5.41) is 9.29. The molecule has 3 aromatic carbocycles. The Balaban J connectivity index is 0.000000301. The zero-order chi connectivity index (χ0) is 42.1. The first-order chi connectivity index (χ1) is 27.1. The molecule has 1 saturated carbocycles. The molecule has 1 atom stereocenters. The number of hydrogen-bond donors (Lipinski definition) is 2. The topological polar surface area (TPSA) is 197 Å². The van der Waals surface area contributed by atoms with Crippen LogP contribution in [0.25, 0.3) is 0 Å². The van der Waals surface area contributed by atoms with Gasteiger partial charge in [0.25, 0.3) is 11.8 Å². The summed E-state index contributed by atoms with van der Waals surface area (Å²) in [5.41, 5.74) is 13.5. The van der Waals surface area contributed by atoms with Crippen LogP contribution in [-0.2, 0) is 20.8 Å².